The van der Waals surface area contributed by atoms with Crippen LogP contribution in [0.2, 0.25) is 0 Å². The molecule has 0 atom stereocenters. The monoisotopic (exact) mass is 216 g/mol. The minimum atomic E-state index is 0.897. The van der Waals surface area contributed by atoms with Crippen molar-refractivity contribution in [3.8, 4) is 0 Å². The number of fused-ring (bicyclic) bond motifs is 1. The summed E-state index contributed by atoms with van der Waals surface area (Å²) in [5.74, 6) is 0.897. The highest BCUT2D eigenvalue weighted by Crippen LogP contribution is 2.28. The van der Waals surface area contributed by atoms with Crippen LogP contribution in [0.5, 0.6) is 0 Å². The highest BCUT2D eigenvalue weighted by Gasteiger charge is 2.18. The molecule has 0 spiro atoms. The summed E-state index contributed by atoms with van der Waals surface area (Å²) < 4.78 is 0. The summed E-state index contributed by atoms with van der Waals surface area (Å²) in [6.45, 7) is 3.54. The standard InChI is InChI=1S/C14H20N2/c1-2-12(10-11-4-7-15-8-5-11)13-6-9-16-14(13)3-1/h1-3,11,15-16H,4-10H2. The largest absolute Gasteiger partial charge is 0.384 e. The van der Waals surface area contributed by atoms with Crippen LogP contribution in [0.3, 0.4) is 0 Å². The maximum atomic E-state index is 3.47. The molecule has 16 heavy (non-hydrogen) atoms. The lowest BCUT2D eigenvalue weighted by Gasteiger charge is -2.23. The van der Waals surface area contributed by atoms with Crippen LogP contribution in [-0.4, -0.2) is 19.6 Å². The summed E-state index contributed by atoms with van der Waals surface area (Å²) in [4.78, 5) is 0. The first-order chi connectivity index (χ1) is 7.93. The maximum absolute atomic E-state index is 3.47. The van der Waals surface area contributed by atoms with E-state index in [4.69, 9.17) is 0 Å². The molecule has 2 N–H and O–H groups in total. The summed E-state index contributed by atoms with van der Waals surface area (Å²) in [7, 11) is 0. The van der Waals surface area contributed by atoms with Gasteiger partial charge in [-0.3, -0.25) is 0 Å². The first kappa shape index (κ1) is 10.2. The van der Waals surface area contributed by atoms with Crippen LogP contribution in [0.4, 0.5) is 5.69 Å². The van der Waals surface area contributed by atoms with E-state index in [0.29, 0.717) is 0 Å². The van der Waals surface area contributed by atoms with Crippen LogP contribution >= 0.6 is 0 Å². The van der Waals surface area contributed by atoms with Crippen molar-refractivity contribution in [2.75, 3.05) is 25.0 Å². The molecular formula is C14H20N2. The number of hydrogen-bond acceptors (Lipinski definition) is 2. The fourth-order valence-electron chi connectivity index (χ4n) is 3.01. The van der Waals surface area contributed by atoms with E-state index in [2.05, 4.69) is 28.8 Å². The van der Waals surface area contributed by atoms with Crippen molar-refractivity contribution < 1.29 is 0 Å². The van der Waals surface area contributed by atoms with Gasteiger partial charge in [0.1, 0.15) is 0 Å². The van der Waals surface area contributed by atoms with Gasteiger partial charge in [0.2, 0.25) is 0 Å². The van der Waals surface area contributed by atoms with E-state index in [9.17, 15) is 0 Å². The van der Waals surface area contributed by atoms with Crippen LogP contribution < -0.4 is 10.6 Å². The van der Waals surface area contributed by atoms with Crippen molar-refractivity contribution >= 4 is 5.69 Å². The Morgan fingerprint density at radius 1 is 1.12 bits per heavy atom. The third-order valence-electron chi connectivity index (χ3n) is 3.93. The van der Waals surface area contributed by atoms with Crippen LogP contribution in [0.25, 0.3) is 0 Å². The molecule has 1 aromatic rings. The van der Waals surface area contributed by atoms with Crippen molar-refractivity contribution in [1.82, 2.24) is 5.32 Å². The topological polar surface area (TPSA) is 24.1 Å². The van der Waals surface area contributed by atoms with Gasteiger partial charge in [-0.05, 0) is 61.9 Å². The molecule has 0 unspecified atom stereocenters. The molecule has 2 aliphatic heterocycles. The molecule has 0 aliphatic carbocycles. The van der Waals surface area contributed by atoms with Crippen LogP contribution in [0.1, 0.15) is 24.0 Å². The Kier molecular flexibility index (Phi) is 2.83. The Balaban J connectivity index is 1.76. The summed E-state index contributed by atoms with van der Waals surface area (Å²) in [6, 6.07) is 6.75. The molecule has 2 heteroatoms. The first-order valence-electron chi connectivity index (χ1n) is 6.49. The van der Waals surface area contributed by atoms with Gasteiger partial charge in [0.15, 0.2) is 0 Å². The number of benzene rings is 1. The Hall–Kier alpha value is -1.02. The summed E-state index contributed by atoms with van der Waals surface area (Å²) in [6.07, 6.45) is 5.19. The average Bonchev–Trinajstić information content (AvgIpc) is 2.80. The zero-order valence-electron chi connectivity index (χ0n) is 9.76. The van der Waals surface area contributed by atoms with Gasteiger partial charge in [0.25, 0.3) is 0 Å². The molecule has 1 fully saturated rings. The SMILES string of the molecule is c1cc(CC2CCNCC2)c2c(c1)NCC2. The molecule has 0 aromatic heterocycles. The van der Waals surface area contributed by atoms with Gasteiger partial charge in [0.05, 0.1) is 0 Å². The van der Waals surface area contributed by atoms with Gasteiger partial charge < -0.3 is 10.6 Å². The molecule has 0 bridgehead atoms. The second-order valence-corrected chi connectivity index (χ2v) is 5.02. The summed E-state index contributed by atoms with van der Waals surface area (Å²) in [5.41, 5.74) is 4.56. The van der Waals surface area contributed by atoms with Crippen molar-refractivity contribution in [2.24, 2.45) is 5.92 Å². The minimum absolute atomic E-state index is 0.897. The number of nitrogens with one attached hydrogen (secondary N) is 2. The molecule has 0 amide bonds. The van der Waals surface area contributed by atoms with Crippen molar-refractivity contribution in [1.29, 1.82) is 0 Å². The fourth-order valence-corrected chi connectivity index (χ4v) is 3.01. The number of rotatable bonds is 2. The van der Waals surface area contributed by atoms with Gasteiger partial charge in [-0.15, -0.1) is 0 Å². The van der Waals surface area contributed by atoms with Gasteiger partial charge in [-0.2, -0.15) is 0 Å². The maximum Gasteiger partial charge on any atom is 0.0376 e. The Morgan fingerprint density at radius 3 is 2.88 bits per heavy atom. The molecule has 0 radical (unpaired) electrons. The van der Waals surface area contributed by atoms with E-state index in [1.807, 2.05) is 0 Å². The number of anilines is 1. The lowest BCUT2D eigenvalue weighted by atomic mass is 9.88. The third-order valence-corrected chi connectivity index (χ3v) is 3.93. The second-order valence-electron chi connectivity index (χ2n) is 5.02. The Labute approximate surface area is 97.4 Å². The molecule has 2 nitrogen and oxygen atoms in total. The quantitative estimate of drug-likeness (QED) is 0.792. The normalized spacial score (nSPS) is 20.5. The van der Waals surface area contributed by atoms with Gasteiger partial charge in [0, 0.05) is 12.2 Å². The molecule has 86 valence electrons. The Bertz CT molecular complexity index is 367. The van der Waals surface area contributed by atoms with Crippen molar-refractivity contribution in [3.05, 3.63) is 29.3 Å². The van der Waals surface area contributed by atoms with E-state index in [-0.39, 0.29) is 0 Å². The predicted molar refractivity (Wildman–Crippen MR) is 67.9 cm³/mol. The highest BCUT2D eigenvalue weighted by molar-refractivity contribution is 5.58. The van der Waals surface area contributed by atoms with E-state index >= 15 is 0 Å². The molecule has 1 aromatic carbocycles. The van der Waals surface area contributed by atoms with E-state index < -0.39 is 0 Å². The van der Waals surface area contributed by atoms with Crippen molar-refractivity contribution in [2.45, 2.75) is 25.7 Å². The lowest BCUT2D eigenvalue weighted by Crippen LogP contribution is -2.28. The zero-order valence-corrected chi connectivity index (χ0v) is 9.76. The predicted octanol–water partition coefficient (Wildman–Crippen LogP) is 2.20. The van der Waals surface area contributed by atoms with Gasteiger partial charge >= 0.3 is 0 Å². The van der Waals surface area contributed by atoms with Crippen molar-refractivity contribution in [3.63, 3.8) is 0 Å². The molecular weight excluding hydrogens is 196 g/mol. The fraction of sp³-hybridized carbons (Fsp3) is 0.571. The lowest BCUT2D eigenvalue weighted by molar-refractivity contribution is 0.372. The second kappa shape index (κ2) is 4.46. The Morgan fingerprint density at radius 2 is 2.00 bits per heavy atom. The average molecular weight is 216 g/mol. The smallest absolute Gasteiger partial charge is 0.0376 e. The molecule has 0 saturated carbocycles. The molecule has 3 rings (SSSR count). The van der Waals surface area contributed by atoms with Gasteiger partial charge in [-0.25, -0.2) is 0 Å². The van der Waals surface area contributed by atoms with Crippen LogP contribution in [-0.2, 0) is 12.8 Å². The summed E-state index contributed by atoms with van der Waals surface area (Å²) in [5, 5.41) is 6.91. The van der Waals surface area contributed by atoms with Crippen LogP contribution in [0, 0.1) is 5.92 Å². The van der Waals surface area contributed by atoms with Gasteiger partial charge in [-0.1, -0.05) is 12.1 Å². The number of hydrogen-bond donors (Lipinski definition) is 2. The van der Waals surface area contributed by atoms with E-state index in [0.717, 1.165) is 12.5 Å². The van der Waals surface area contributed by atoms with E-state index in [1.165, 1.54) is 44.5 Å². The number of piperidine rings is 1. The first-order valence-corrected chi connectivity index (χ1v) is 6.49. The highest BCUT2D eigenvalue weighted by atomic mass is 14.9. The molecule has 2 heterocycles. The molecule has 1 saturated heterocycles. The summed E-state index contributed by atoms with van der Waals surface area (Å²) >= 11 is 0. The third kappa shape index (κ3) is 1.94. The van der Waals surface area contributed by atoms with Crippen LogP contribution in [0.15, 0.2) is 18.2 Å². The zero-order chi connectivity index (χ0) is 10.8. The molecule has 2 aliphatic rings. The van der Waals surface area contributed by atoms with E-state index in [1.54, 1.807) is 11.1 Å². The minimum Gasteiger partial charge on any atom is -0.384 e.